The minimum Gasteiger partial charge on any atom is -0.266 e. The summed E-state index contributed by atoms with van der Waals surface area (Å²) in [6.07, 6.45) is 1.09. The number of halogens is 3. The predicted molar refractivity (Wildman–Crippen MR) is 65.7 cm³/mol. The van der Waals surface area contributed by atoms with Crippen LogP contribution in [0, 0.1) is 16.8 Å². The number of nitrogens with zero attached hydrogens (tertiary/aromatic N) is 1. The number of amides is 1. The second-order valence-electron chi connectivity index (χ2n) is 3.51. The maximum absolute atomic E-state index is 12.9. The van der Waals surface area contributed by atoms with Gasteiger partial charge in [-0.15, -0.1) is 11.3 Å². The summed E-state index contributed by atoms with van der Waals surface area (Å²) in [6.45, 7) is 0. The van der Waals surface area contributed by atoms with Gasteiger partial charge in [-0.1, -0.05) is 0 Å². The number of carbonyl (C=O) groups is 1. The lowest BCUT2D eigenvalue weighted by Crippen LogP contribution is -2.16. The highest BCUT2D eigenvalue weighted by atomic mass is 32.1. The zero-order valence-corrected chi connectivity index (χ0v) is 10.2. The molecular weight excluding hydrogens is 277 g/mol. The Hall–Kier alpha value is -2.15. The molecule has 0 saturated carbocycles. The van der Waals surface area contributed by atoms with Gasteiger partial charge in [0.2, 0.25) is 0 Å². The third-order valence-corrected chi connectivity index (χ3v) is 2.93. The molecule has 1 N–H and O–H groups in total. The molecule has 0 aliphatic rings. The van der Waals surface area contributed by atoms with E-state index in [9.17, 15) is 18.0 Å². The Labute approximate surface area is 110 Å². The molecular formula is C12H7F3N2OS. The Morgan fingerprint density at radius 3 is 2.42 bits per heavy atom. The van der Waals surface area contributed by atoms with Crippen molar-refractivity contribution in [1.29, 1.82) is 0 Å². The molecule has 98 valence electrons. The van der Waals surface area contributed by atoms with E-state index < -0.39 is 22.7 Å². The quantitative estimate of drug-likeness (QED) is 0.683. The average molecular weight is 284 g/mol. The van der Waals surface area contributed by atoms with Crippen LogP contribution in [0.5, 0.6) is 0 Å². The number of hydrogen-bond donors (Lipinski definition) is 1. The van der Waals surface area contributed by atoms with E-state index in [2.05, 4.69) is 10.5 Å². The Balaban J connectivity index is 2.01. The first-order valence-corrected chi connectivity index (χ1v) is 5.91. The van der Waals surface area contributed by atoms with Gasteiger partial charge in [0.05, 0.1) is 11.1 Å². The summed E-state index contributed by atoms with van der Waals surface area (Å²) >= 11 is 0.674. The SMILES string of the molecule is O=C(N/N=C/c1cc(F)cc(F)c1)c1ccc(F)s1. The van der Waals surface area contributed by atoms with Crippen LogP contribution in [-0.2, 0) is 0 Å². The molecule has 2 rings (SSSR count). The van der Waals surface area contributed by atoms with Crippen LogP contribution in [0.25, 0.3) is 0 Å². The highest BCUT2D eigenvalue weighted by Gasteiger charge is 2.07. The average Bonchev–Trinajstić information content (AvgIpc) is 2.74. The lowest BCUT2D eigenvalue weighted by Gasteiger charge is -1.97. The molecule has 0 unspecified atom stereocenters. The molecule has 2 aromatic rings. The normalized spacial score (nSPS) is 10.9. The van der Waals surface area contributed by atoms with Gasteiger partial charge in [-0.05, 0) is 24.3 Å². The summed E-state index contributed by atoms with van der Waals surface area (Å²) in [5, 5.41) is 3.05. The van der Waals surface area contributed by atoms with Crippen LogP contribution in [0.2, 0.25) is 0 Å². The molecule has 0 spiro atoms. The number of nitrogens with one attached hydrogen (secondary N) is 1. The van der Waals surface area contributed by atoms with E-state index in [0.717, 1.165) is 30.5 Å². The van der Waals surface area contributed by atoms with Crippen molar-refractivity contribution in [3.05, 3.63) is 57.5 Å². The van der Waals surface area contributed by atoms with E-state index in [-0.39, 0.29) is 10.4 Å². The number of hydrogen-bond acceptors (Lipinski definition) is 3. The molecule has 19 heavy (non-hydrogen) atoms. The van der Waals surface area contributed by atoms with E-state index in [4.69, 9.17) is 0 Å². The summed E-state index contributed by atoms with van der Waals surface area (Å²) in [5.74, 6) is -2.08. The molecule has 7 heteroatoms. The van der Waals surface area contributed by atoms with Gasteiger partial charge in [0, 0.05) is 11.6 Å². The third-order valence-electron chi connectivity index (χ3n) is 2.06. The topological polar surface area (TPSA) is 41.5 Å². The second kappa shape index (κ2) is 5.66. The summed E-state index contributed by atoms with van der Waals surface area (Å²) < 4.78 is 38.4. The molecule has 1 aromatic heterocycles. The van der Waals surface area contributed by atoms with Gasteiger partial charge in [-0.3, -0.25) is 4.79 Å². The van der Waals surface area contributed by atoms with Crippen molar-refractivity contribution >= 4 is 23.5 Å². The van der Waals surface area contributed by atoms with Gasteiger partial charge in [-0.25, -0.2) is 14.2 Å². The fraction of sp³-hybridized carbons (Fsp3) is 0. The Bertz CT molecular complexity index is 619. The summed E-state index contributed by atoms with van der Waals surface area (Å²) in [5.41, 5.74) is 2.29. The van der Waals surface area contributed by atoms with Gasteiger partial charge >= 0.3 is 0 Å². The molecule has 0 bridgehead atoms. The van der Waals surface area contributed by atoms with Crippen molar-refractivity contribution in [2.24, 2.45) is 5.10 Å². The number of carbonyl (C=O) groups excluding carboxylic acids is 1. The molecule has 0 atom stereocenters. The maximum Gasteiger partial charge on any atom is 0.281 e. The number of rotatable bonds is 3. The summed E-state index contributed by atoms with van der Waals surface area (Å²) in [6, 6.07) is 5.31. The molecule has 1 aromatic carbocycles. The van der Waals surface area contributed by atoms with Gasteiger partial charge in [0.25, 0.3) is 5.91 Å². The fourth-order valence-corrected chi connectivity index (χ4v) is 1.93. The van der Waals surface area contributed by atoms with E-state index in [1.54, 1.807) is 0 Å². The first-order chi connectivity index (χ1) is 9.04. The van der Waals surface area contributed by atoms with Crippen LogP contribution in [0.3, 0.4) is 0 Å². The fourth-order valence-electron chi connectivity index (χ4n) is 1.31. The Morgan fingerprint density at radius 1 is 1.16 bits per heavy atom. The maximum atomic E-state index is 12.9. The molecule has 3 nitrogen and oxygen atoms in total. The molecule has 0 aliphatic carbocycles. The minimum atomic E-state index is -0.742. The number of hydrazone groups is 1. The summed E-state index contributed by atoms with van der Waals surface area (Å²) in [4.78, 5) is 11.6. The third kappa shape index (κ3) is 3.65. The van der Waals surface area contributed by atoms with Crippen molar-refractivity contribution in [3.8, 4) is 0 Å². The van der Waals surface area contributed by atoms with Crippen molar-refractivity contribution in [3.63, 3.8) is 0 Å². The van der Waals surface area contributed by atoms with Crippen molar-refractivity contribution in [2.45, 2.75) is 0 Å². The number of benzene rings is 1. The van der Waals surface area contributed by atoms with Gasteiger partial charge < -0.3 is 0 Å². The zero-order chi connectivity index (χ0) is 13.8. The highest BCUT2D eigenvalue weighted by Crippen LogP contribution is 2.13. The van der Waals surface area contributed by atoms with Crippen molar-refractivity contribution in [1.82, 2.24) is 5.43 Å². The van der Waals surface area contributed by atoms with Crippen LogP contribution < -0.4 is 5.43 Å². The largest absolute Gasteiger partial charge is 0.281 e. The van der Waals surface area contributed by atoms with Gasteiger partial charge in [0.15, 0.2) is 5.13 Å². The second-order valence-corrected chi connectivity index (χ2v) is 4.54. The summed E-state index contributed by atoms with van der Waals surface area (Å²) in [7, 11) is 0. The lowest BCUT2D eigenvalue weighted by atomic mass is 10.2. The smallest absolute Gasteiger partial charge is 0.266 e. The van der Waals surface area contributed by atoms with Crippen LogP contribution in [0.15, 0.2) is 35.4 Å². The van der Waals surface area contributed by atoms with Crippen molar-refractivity contribution < 1.29 is 18.0 Å². The van der Waals surface area contributed by atoms with Crippen LogP contribution in [0.1, 0.15) is 15.2 Å². The molecule has 1 amide bonds. The Kier molecular flexibility index (Phi) is 3.96. The monoisotopic (exact) mass is 284 g/mol. The zero-order valence-electron chi connectivity index (χ0n) is 9.36. The molecule has 1 heterocycles. The molecule has 0 radical (unpaired) electrons. The Morgan fingerprint density at radius 2 is 1.84 bits per heavy atom. The van der Waals surface area contributed by atoms with E-state index in [1.165, 1.54) is 6.07 Å². The lowest BCUT2D eigenvalue weighted by molar-refractivity contribution is 0.0959. The first kappa shape index (κ1) is 13.3. The van der Waals surface area contributed by atoms with Crippen molar-refractivity contribution in [2.75, 3.05) is 0 Å². The minimum absolute atomic E-state index is 0.153. The predicted octanol–water partition coefficient (Wildman–Crippen LogP) is 2.93. The van der Waals surface area contributed by atoms with E-state index in [0.29, 0.717) is 11.3 Å². The van der Waals surface area contributed by atoms with Gasteiger partial charge in [-0.2, -0.15) is 9.49 Å². The van der Waals surface area contributed by atoms with Gasteiger partial charge in [0.1, 0.15) is 11.6 Å². The first-order valence-electron chi connectivity index (χ1n) is 5.09. The highest BCUT2D eigenvalue weighted by molar-refractivity contribution is 7.12. The standard InChI is InChI=1S/C12H7F3N2OS/c13-8-3-7(4-9(14)5-8)6-16-17-12(18)10-1-2-11(15)19-10/h1-6H,(H,17,18)/b16-6+. The van der Waals surface area contributed by atoms with Crippen LogP contribution >= 0.6 is 11.3 Å². The van der Waals surface area contributed by atoms with Crippen LogP contribution in [-0.4, -0.2) is 12.1 Å². The molecule has 0 aliphatic heterocycles. The van der Waals surface area contributed by atoms with E-state index in [1.807, 2.05) is 0 Å². The van der Waals surface area contributed by atoms with Crippen LogP contribution in [0.4, 0.5) is 13.2 Å². The number of thiophene rings is 1. The molecule has 0 fully saturated rings. The van der Waals surface area contributed by atoms with E-state index >= 15 is 0 Å². The molecule has 0 saturated heterocycles.